The van der Waals surface area contributed by atoms with Crippen molar-refractivity contribution in [3.05, 3.63) is 0 Å². The highest BCUT2D eigenvalue weighted by Crippen LogP contribution is 2.08. The van der Waals surface area contributed by atoms with Crippen LogP contribution in [0.2, 0.25) is 0 Å². The molecule has 46 valence electrons. The van der Waals surface area contributed by atoms with Crippen LogP contribution in [0.4, 0.5) is 0 Å². The minimum Gasteiger partial charge on any atom is -0.401 e. The SMILES string of the molecule is OB1OC(O)C(O)O1. The van der Waals surface area contributed by atoms with Crippen LogP contribution in [0.25, 0.3) is 0 Å². The maximum Gasteiger partial charge on any atom is 0.640 e. The molecule has 0 spiro atoms. The minimum atomic E-state index is -1.50. The van der Waals surface area contributed by atoms with E-state index in [1.54, 1.807) is 0 Å². The van der Waals surface area contributed by atoms with Crippen molar-refractivity contribution in [3.8, 4) is 0 Å². The van der Waals surface area contributed by atoms with Crippen LogP contribution in [-0.4, -0.2) is 35.1 Å². The molecule has 1 heterocycles. The second-order valence-electron chi connectivity index (χ2n) is 1.36. The smallest absolute Gasteiger partial charge is 0.401 e. The van der Waals surface area contributed by atoms with Gasteiger partial charge in [0.05, 0.1) is 0 Å². The molecule has 0 saturated carbocycles. The molecule has 0 aliphatic carbocycles. The van der Waals surface area contributed by atoms with E-state index in [4.69, 9.17) is 15.2 Å². The Kier molecular flexibility index (Phi) is 1.50. The Balaban J connectivity index is 2.39. The van der Waals surface area contributed by atoms with E-state index in [0.29, 0.717) is 0 Å². The van der Waals surface area contributed by atoms with Crippen molar-refractivity contribution >= 4 is 7.32 Å². The predicted octanol–water partition coefficient (Wildman–Crippen LogP) is -2.35. The van der Waals surface area contributed by atoms with E-state index in [0.717, 1.165) is 0 Å². The molecular weight excluding hydrogens is 115 g/mol. The van der Waals surface area contributed by atoms with Crippen LogP contribution in [0.1, 0.15) is 0 Å². The first-order chi connectivity index (χ1) is 3.70. The summed E-state index contributed by atoms with van der Waals surface area (Å²) in [6.45, 7) is 0. The highest BCUT2D eigenvalue weighted by Gasteiger charge is 2.37. The molecule has 2 atom stereocenters. The van der Waals surface area contributed by atoms with Crippen LogP contribution in [0.3, 0.4) is 0 Å². The maximum atomic E-state index is 8.41. The zero-order valence-electron chi connectivity index (χ0n) is 3.89. The van der Waals surface area contributed by atoms with Crippen molar-refractivity contribution in [3.63, 3.8) is 0 Å². The van der Waals surface area contributed by atoms with Gasteiger partial charge in [-0.05, 0) is 0 Å². The number of rotatable bonds is 0. The molecule has 5 nitrogen and oxygen atoms in total. The van der Waals surface area contributed by atoms with Crippen LogP contribution < -0.4 is 0 Å². The summed E-state index contributed by atoms with van der Waals surface area (Å²) < 4.78 is 8.22. The van der Waals surface area contributed by atoms with Crippen LogP contribution in [0.5, 0.6) is 0 Å². The first-order valence-electron chi connectivity index (χ1n) is 2.05. The van der Waals surface area contributed by atoms with Gasteiger partial charge in [-0.2, -0.15) is 0 Å². The molecule has 0 amide bonds. The molecule has 0 aromatic rings. The van der Waals surface area contributed by atoms with Gasteiger partial charge in [0, 0.05) is 0 Å². The summed E-state index contributed by atoms with van der Waals surface area (Å²) in [5.41, 5.74) is 0. The summed E-state index contributed by atoms with van der Waals surface area (Å²) >= 11 is 0. The number of hydrogen-bond acceptors (Lipinski definition) is 5. The molecule has 1 rings (SSSR count). The number of aliphatic hydroxyl groups excluding tert-OH is 2. The molecule has 2 unspecified atom stereocenters. The lowest BCUT2D eigenvalue weighted by atomic mass is 10.3. The largest absolute Gasteiger partial charge is 0.640 e. The van der Waals surface area contributed by atoms with Crippen molar-refractivity contribution < 1.29 is 24.5 Å². The fourth-order valence-corrected chi connectivity index (χ4v) is 0.405. The Morgan fingerprint density at radius 2 is 1.50 bits per heavy atom. The van der Waals surface area contributed by atoms with E-state index in [2.05, 4.69) is 9.31 Å². The maximum absolute atomic E-state index is 8.41. The van der Waals surface area contributed by atoms with Crippen LogP contribution in [-0.2, 0) is 9.31 Å². The van der Waals surface area contributed by atoms with Gasteiger partial charge in [0.15, 0.2) is 12.6 Å². The molecular formula is C2H5BO5. The molecule has 0 bridgehead atoms. The lowest BCUT2D eigenvalue weighted by Gasteiger charge is -2.01. The summed E-state index contributed by atoms with van der Waals surface area (Å²) in [6, 6.07) is 0. The summed E-state index contributed by atoms with van der Waals surface area (Å²) in [5, 5.41) is 25.1. The highest BCUT2D eigenvalue weighted by molar-refractivity contribution is 6.35. The van der Waals surface area contributed by atoms with Crippen molar-refractivity contribution in [1.29, 1.82) is 0 Å². The molecule has 1 aliphatic heterocycles. The predicted molar refractivity (Wildman–Crippen MR) is 22.2 cm³/mol. The number of aliphatic hydroxyl groups is 2. The highest BCUT2D eigenvalue weighted by atomic mass is 16.8. The monoisotopic (exact) mass is 120 g/mol. The second-order valence-corrected chi connectivity index (χ2v) is 1.36. The van der Waals surface area contributed by atoms with Crippen LogP contribution >= 0.6 is 0 Å². The summed E-state index contributed by atoms with van der Waals surface area (Å²) in [4.78, 5) is 0. The summed E-state index contributed by atoms with van der Waals surface area (Å²) in [6.07, 6.45) is -2.85. The van der Waals surface area contributed by atoms with Gasteiger partial charge in [-0.3, -0.25) is 0 Å². The molecule has 1 saturated heterocycles. The Morgan fingerprint density at radius 3 is 1.62 bits per heavy atom. The Morgan fingerprint density at radius 1 is 1.12 bits per heavy atom. The third kappa shape index (κ3) is 0.986. The first kappa shape index (κ1) is 5.99. The minimum absolute atomic E-state index is 1.43. The zero-order valence-corrected chi connectivity index (χ0v) is 3.89. The molecule has 1 fully saturated rings. The Bertz CT molecular complexity index is 76.5. The van der Waals surface area contributed by atoms with Gasteiger partial charge >= 0.3 is 7.32 Å². The van der Waals surface area contributed by atoms with Gasteiger partial charge in [-0.15, -0.1) is 0 Å². The fourth-order valence-electron chi connectivity index (χ4n) is 0.405. The second kappa shape index (κ2) is 2.00. The molecule has 0 aromatic heterocycles. The Hall–Kier alpha value is -0.135. The van der Waals surface area contributed by atoms with Gasteiger partial charge in [-0.1, -0.05) is 0 Å². The van der Waals surface area contributed by atoms with E-state index >= 15 is 0 Å². The third-order valence-electron chi connectivity index (χ3n) is 0.756. The molecule has 1 aliphatic rings. The normalized spacial score (nSPS) is 38.6. The fraction of sp³-hybridized carbons (Fsp3) is 1.00. The lowest BCUT2D eigenvalue weighted by molar-refractivity contribution is -0.133. The van der Waals surface area contributed by atoms with E-state index in [1.165, 1.54) is 0 Å². The van der Waals surface area contributed by atoms with E-state index in [9.17, 15) is 0 Å². The van der Waals surface area contributed by atoms with E-state index in [-0.39, 0.29) is 0 Å². The Labute approximate surface area is 45.6 Å². The topological polar surface area (TPSA) is 79.2 Å². The zero-order chi connectivity index (χ0) is 6.15. The molecule has 8 heavy (non-hydrogen) atoms. The lowest BCUT2D eigenvalue weighted by Crippen LogP contribution is -2.20. The molecule has 6 heteroatoms. The first-order valence-corrected chi connectivity index (χ1v) is 2.05. The standard InChI is InChI=1S/C2H5BO5/c4-1-2(5)8-3(6)7-1/h1-2,4-6H. The van der Waals surface area contributed by atoms with Crippen molar-refractivity contribution in [2.45, 2.75) is 12.6 Å². The van der Waals surface area contributed by atoms with Gasteiger partial charge in [0.25, 0.3) is 0 Å². The summed E-state index contributed by atoms with van der Waals surface area (Å²) in [7, 11) is -1.50. The molecule has 3 N–H and O–H groups in total. The average Bonchev–Trinajstić information content (AvgIpc) is 1.85. The third-order valence-corrected chi connectivity index (χ3v) is 0.756. The van der Waals surface area contributed by atoms with Crippen LogP contribution in [0.15, 0.2) is 0 Å². The van der Waals surface area contributed by atoms with Crippen molar-refractivity contribution in [2.24, 2.45) is 0 Å². The van der Waals surface area contributed by atoms with Gasteiger partial charge in [0.2, 0.25) is 0 Å². The number of hydrogen-bond donors (Lipinski definition) is 3. The van der Waals surface area contributed by atoms with Crippen LogP contribution in [0, 0.1) is 0 Å². The van der Waals surface area contributed by atoms with Crippen molar-refractivity contribution in [2.75, 3.05) is 0 Å². The van der Waals surface area contributed by atoms with Crippen molar-refractivity contribution in [1.82, 2.24) is 0 Å². The quantitative estimate of drug-likeness (QED) is 0.312. The van der Waals surface area contributed by atoms with Gasteiger partial charge in [-0.25, -0.2) is 0 Å². The summed E-state index contributed by atoms with van der Waals surface area (Å²) in [5.74, 6) is 0. The van der Waals surface area contributed by atoms with Gasteiger partial charge < -0.3 is 24.5 Å². The van der Waals surface area contributed by atoms with Gasteiger partial charge in [0.1, 0.15) is 0 Å². The van der Waals surface area contributed by atoms with E-state index in [1.807, 2.05) is 0 Å². The molecule has 0 aromatic carbocycles. The average molecular weight is 120 g/mol. The van der Waals surface area contributed by atoms with E-state index < -0.39 is 19.9 Å². The molecule has 0 radical (unpaired) electrons.